The molecule has 0 atom stereocenters. The van der Waals surface area contributed by atoms with Gasteiger partial charge in [0.15, 0.2) is 0 Å². The maximum absolute atomic E-state index is 9.43. The molecule has 8 aromatic carbocycles. The summed E-state index contributed by atoms with van der Waals surface area (Å²) in [5.74, 6) is 0. The van der Waals surface area contributed by atoms with Crippen LogP contribution in [0, 0.1) is 0 Å². The van der Waals surface area contributed by atoms with Crippen LogP contribution in [0.3, 0.4) is 0 Å². The van der Waals surface area contributed by atoms with E-state index in [2.05, 4.69) is 78.9 Å². The Bertz CT molecular complexity index is 2480. The van der Waals surface area contributed by atoms with Gasteiger partial charge in [-0.15, -0.1) is 0 Å². The summed E-state index contributed by atoms with van der Waals surface area (Å²) in [4.78, 5) is 1.89. The maximum atomic E-state index is 9.43. The second-order valence-electron chi connectivity index (χ2n) is 11.5. The van der Waals surface area contributed by atoms with E-state index in [1.54, 1.807) is 0 Å². The lowest BCUT2D eigenvalue weighted by Gasteiger charge is -2.28. The second-order valence-corrected chi connectivity index (χ2v) is 11.5. The number of para-hydroxylation sites is 1. The number of nitrogens with zero attached hydrogens (tertiary/aromatic N) is 1. The molecule has 0 radical (unpaired) electrons. The van der Waals surface area contributed by atoms with Crippen molar-refractivity contribution in [1.82, 2.24) is 0 Å². The molecule has 0 spiro atoms. The normalized spacial score (nSPS) is 12.2. The van der Waals surface area contributed by atoms with Gasteiger partial charge in [-0.3, -0.25) is 0 Å². The zero-order valence-electron chi connectivity index (χ0n) is 29.7. The SMILES string of the molecule is [2H]c1c([2H])c(N(c2cccc(-c3ccc4ccccc4c3)c2)c2ccccc2-c2ccc(-c3ccccc3)cc2)c([2H])c([2H])c1-c1ccccc1. The van der Waals surface area contributed by atoms with Crippen LogP contribution in [0.25, 0.3) is 55.3 Å². The molecule has 0 fully saturated rings. The summed E-state index contributed by atoms with van der Waals surface area (Å²) in [6.45, 7) is 0. The molecule has 1 heteroatoms. The topological polar surface area (TPSA) is 3.24 Å². The molecule has 0 bridgehead atoms. The number of benzene rings is 8. The highest BCUT2D eigenvalue weighted by Crippen LogP contribution is 2.42. The number of fused-ring (bicyclic) bond motifs is 1. The van der Waals surface area contributed by atoms with Crippen molar-refractivity contribution in [3.63, 3.8) is 0 Å². The van der Waals surface area contributed by atoms with Gasteiger partial charge in [0.2, 0.25) is 0 Å². The first-order chi connectivity index (χ1) is 25.0. The monoisotopic (exact) mass is 603 g/mol. The van der Waals surface area contributed by atoms with E-state index in [0.29, 0.717) is 5.56 Å². The van der Waals surface area contributed by atoms with Crippen molar-refractivity contribution in [2.24, 2.45) is 0 Å². The average molecular weight is 604 g/mol. The van der Waals surface area contributed by atoms with Crippen molar-refractivity contribution in [3.05, 3.63) is 200 Å². The molecule has 0 aromatic heterocycles. The lowest BCUT2D eigenvalue weighted by Crippen LogP contribution is -2.11. The van der Waals surface area contributed by atoms with Crippen LogP contribution in [0.2, 0.25) is 0 Å². The van der Waals surface area contributed by atoms with Crippen LogP contribution in [0.4, 0.5) is 17.1 Å². The van der Waals surface area contributed by atoms with Crippen LogP contribution in [0.1, 0.15) is 5.48 Å². The summed E-state index contributed by atoms with van der Waals surface area (Å²) >= 11 is 0. The predicted molar refractivity (Wildman–Crippen MR) is 200 cm³/mol. The fourth-order valence-corrected chi connectivity index (χ4v) is 6.13. The summed E-state index contributed by atoms with van der Waals surface area (Å²) in [5, 5.41) is 2.30. The first kappa shape index (κ1) is 24.1. The number of hydrogen-bond acceptors (Lipinski definition) is 1. The van der Waals surface area contributed by atoms with Crippen molar-refractivity contribution in [2.75, 3.05) is 4.90 Å². The Hall–Kier alpha value is -6.18. The predicted octanol–water partition coefficient (Wildman–Crippen LogP) is 13.0. The van der Waals surface area contributed by atoms with Gasteiger partial charge in [-0.25, -0.2) is 0 Å². The number of anilines is 3. The third kappa shape index (κ3) is 5.83. The first-order valence-corrected chi connectivity index (χ1v) is 15.8. The minimum absolute atomic E-state index is 0.0856. The Morgan fingerprint density at radius 1 is 0.319 bits per heavy atom. The minimum Gasteiger partial charge on any atom is -0.310 e. The Morgan fingerprint density at radius 3 is 1.60 bits per heavy atom. The molecule has 222 valence electrons. The van der Waals surface area contributed by atoms with E-state index in [9.17, 15) is 5.48 Å². The molecule has 0 saturated heterocycles. The highest BCUT2D eigenvalue weighted by Gasteiger charge is 2.18. The van der Waals surface area contributed by atoms with Gasteiger partial charge in [0, 0.05) is 16.9 Å². The van der Waals surface area contributed by atoms with Crippen molar-refractivity contribution in [2.45, 2.75) is 0 Å². The molecule has 0 unspecified atom stereocenters. The fraction of sp³-hybridized carbons (Fsp3) is 0. The van der Waals surface area contributed by atoms with Crippen molar-refractivity contribution < 1.29 is 5.48 Å². The van der Waals surface area contributed by atoms with E-state index in [1.807, 2.05) is 102 Å². The van der Waals surface area contributed by atoms with Gasteiger partial charge in [-0.1, -0.05) is 164 Å². The Morgan fingerprint density at radius 2 is 0.851 bits per heavy atom. The van der Waals surface area contributed by atoms with E-state index in [4.69, 9.17) is 0 Å². The molecule has 8 aromatic rings. The molecular formula is C46H33N. The molecule has 1 nitrogen and oxygen atoms in total. The Balaban J connectivity index is 1.34. The van der Waals surface area contributed by atoms with E-state index in [-0.39, 0.29) is 35.4 Å². The summed E-state index contributed by atoms with van der Waals surface area (Å²) in [7, 11) is 0. The molecule has 0 aliphatic rings. The van der Waals surface area contributed by atoms with Gasteiger partial charge < -0.3 is 4.90 Å². The molecule has 47 heavy (non-hydrogen) atoms. The highest BCUT2D eigenvalue weighted by atomic mass is 15.1. The van der Waals surface area contributed by atoms with Crippen LogP contribution in [-0.4, -0.2) is 0 Å². The highest BCUT2D eigenvalue weighted by molar-refractivity contribution is 5.91. The Kier molecular flexibility index (Phi) is 6.50. The van der Waals surface area contributed by atoms with Gasteiger partial charge in [-0.05, 0) is 86.1 Å². The van der Waals surface area contributed by atoms with Crippen LogP contribution in [0.15, 0.2) is 200 Å². The fourth-order valence-electron chi connectivity index (χ4n) is 6.13. The second kappa shape index (κ2) is 12.7. The van der Waals surface area contributed by atoms with Crippen molar-refractivity contribution in [3.8, 4) is 44.5 Å². The van der Waals surface area contributed by atoms with E-state index in [0.717, 1.165) is 55.5 Å². The number of rotatable bonds is 7. The first-order valence-electron chi connectivity index (χ1n) is 17.8. The maximum Gasteiger partial charge on any atom is 0.0645 e. The lowest BCUT2D eigenvalue weighted by atomic mass is 9.97. The summed E-state index contributed by atoms with van der Waals surface area (Å²) in [6, 6.07) is 58.2. The van der Waals surface area contributed by atoms with Crippen molar-refractivity contribution >= 4 is 27.8 Å². The lowest BCUT2D eigenvalue weighted by molar-refractivity contribution is 1.28. The van der Waals surface area contributed by atoms with Gasteiger partial charge in [0.25, 0.3) is 0 Å². The minimum atomic E-state index is -0.111. The van der Waals surface area contributed by atoms with Gasteiger partial charge in [0.1, 0.15) is 0 Å². The zero-order chi connectivity index (χ0) is 34.9. The average Bonchev–Trinajstić information content (AvgIpc) is 3.19. The van der Waals surface area contributed by atoms with Crippen LogP contribution < -0.4 is 4.90 Å². The largest absolute Gasteiger partial charge is 0.310 e. The molecule has 0 heterocycles. The van der Waals surface area contributed by atoms with Gasteiger partial charge in [-0.2, -0.15) is 0 Å². The quantitative estimate of drug-likeness (QED) is 0.175. The van der Waals surface area contributed by atoms with Gasteiger partial charge in [0.05, 0.1) is 11.2 Å². The van der Waals surface area contributed by atoms with Crippen LogP contribution in [-0.2, 0) is 0 Å². The molecule has 0 amide bonds. The smallest absolute Gasteiger partial charge is 0.0645 e. The summed E-state index contributed by atoms with van der Waals surface area (Å²) < 4.78 is 37.2. The molecule has 8 rings (SSSR count). The summed E-state index contributed by atoms with van der Waals surface area (Å²) in [5.41, 5.74) is 8.70. The molecular weight excluding hydrogens is 567 g/mol. The molecule has 0 saturated carbocycles. The zero-order valence-corrected chi connectivity index (χ0v) is 25.7. The summed E-state index contributed by atoms with van der Waals surface area (Å²) in [6.07, 6.45) is 0. The van der Waals surface area contributed by atoms with Gasteiger partial charge >= 0.3 is 0 Å². The number of hydrogen-bond donors (Lipinski definition) is 0. The van der Waals surface area contributed by atoms with Crippen LogP contribution >= 0.6 is 0 Å². The van der Waals surface area contributed by atoms with E-state index >= 15 is 0 Å². The Labute approximate surface area is 282 Å². The van der Waals surface area contributed by atoms with E-state index in [1.165, 1.54) is 0 Å². The standard InChI is InChI=1S/C46H33N/c1-3-12-34(13-4-1)37-22-25-39(26-23-37)45-20-9-10-21-46(45)47(43-30-28-38(29-31-43)35-14-5-2-6-15-35)44-19-11-18-41(33-44)42-27-24-36-16-7-8-17-40(36)32-42/h1-33H/i28D,29D,30D,31D. The third-order valence-corrected chi connectivity index (χ3v) is 8.53. The third-order valence-electron chi connectivity index (χ3n) is 8.53. The molecule has 0 N–H and O–H groups in total. The van der Waals surface area contributed by atoms with E-state index < -0.39 is 0 Å². The molecule has 0 aliphatic heterocycles. The van der Waals surface area contributed by atoms with Crippen molar-refractivity contribution in [1.29, 1.82) is 0 Å². The van der Waals surface area contributed by atoms with Crippen LogP contribution in [0.5, 0.6) is 0 Å². The molecule has 0 aliphatic carbocycles.